The number of carbonyl (C=O) groups excluding carboxylic acids is 1. The summed E-state index contributed by atoms with van der Waals surface area (Å²) in [4.78, 5) is 13.7. The van der Waals surface area contributed by atoms with Crippen LogP contribution in [-0.2, 0) is 4.79 Å². The Morgan fingerprint density at radius 2 is 2.50 bits per heavy atom. The zero-order chi connectivity index (χ0) is 7.23. The number of nitrogens with zero attached hydrogens (tertiary/aromatic N) is 1. The predicted molar refractivity (Wildman–Crippen MR) is 35.8 cm³/mol. The Bertz CT molecular complexity index is 198. The molecule has 3 heteroatoms. The molecule has 0 amide bonds. The molecule has 0 fully saturated rings. The first kappa shape index (κ1) is 6.74. The summed E-state index contributed by atoms with van der Waals surface area (Å²) in [6, 6.07) is 5.28. The maximum atomic E-state index is 9.83. The quantitative estimate of drug-likeness (QED) is 0.574. The van der Waals surface area contributed by atoms with Crippen LogP contribution in [0.25, 0.3) is 0 Å². The number of carbonyl (C=O) groups is 1. The van der Waals surface area contributed by atoms with Gasteiger partial charge >= 0.3 is 0 Å². The van der Waals surface area contributed by atoms with E-state index in [0.29, 0.717) is 12.2 Å². The lowest BCUT2D eigenvalue weighted by Gasteiger charge is -1.96. The summed E-state index contributed by atoms with van der Waals surface area (Å²) in [6.07, 6.45) is 2.30. The van der Waals surface area contributed by atoms with E-state index in [2.05, 4.69) is 4.98 Å². The Labute approximate surface area is 58.7 Å². The summed E-state index contributed by atoms with van der Waals surface area (Å²) in [7, 11) is 0. The van der Waals surface area contributed by atoms with E-state index in [1.165, 1.54) is 0 Å². The van der Waals surface area contributed by atoms with Crippen LogP contribution >= 0.6 is 0 Å². The van der Waals surface area contributed by atoms with Crippen molar-refractivity contribution in [3.8, 4) is 5.88 Å². The highest BCUT2D eigenvalue weighted by Gasteiger charge is 1.88. The minimum atomic E-state index is 0.0665. The fourth-order valence-corrected chi connectivity index (χ4v) is 0.552. The molecular formula is C7H7NO2. The largest absolute Gasteiger partial charge is 0.470 e. The first-order valence-electron chi connectivity index (χ1n) is 2.91. The van der Waals surface area contributed by atoms with E-state index in [1.807, 2.05) is 0 Å². The van der Waals surface area contributed by atoms with Gasteiger partial charge in [-0.25, -0.2) is 4.98 Å². The molecule has 1 heterocycles. The molecule has 3 nitrogen and oxygen atoms in total. The predicted octanol–water partition coefficient (Wildman–Crippen LogP) is 0.659. The monoisotopic (exact) mass is 137 g/mol. The van der Waals surface area contributed by atoms with Crippen LogP contribution in [0, 0.1) is 0 Å². The third-order valence-electron chi connectivity index (χ3n) is 0.937. The van der Waals surface area contributed by atoms with E-state index in [9.17, 15) is 4.79 Å². The van der Waals surface area contributed by atoms with Gasteiger partial charge in [0.25, 0.3) is 0 Å². The van der Waals surface area contributed by atoms with Gasteiger partial charge in [0.1, 0.15) is 6.61 Å². The lowest BCUT2D eigenvalue weighted by atomic mass is 10.5. The van der Waals surface area contributed by atoms with Gasteiger partial charge in [-0.2, -0.15) is 0 Å². The Morgan fingerprint density at radius 1 is 1.60 bits per heavy atom. The molecule has 1 aromatic rings. The van der Waals surface area contributed by atoms with Crippen molar-refractivity contribution in [1.82, 2.24) is 4.98 Å². The standard InChI is InChI=1S/C7H7NO2/c9-5-6-10-7-3-1-2-4-8-7/h1-5H,6H2. The molecule has 0 atom stereocenters. The molecule has 0 aliphatic carbocycles. The second kappa shape index (κ2) is 3.61. The molecule has 0 radical (unpaired) electrons. The SMILES string of the molecule is O=CCOc1ccccn1. The minimum absolute atomic E-state index is 0.0665. The van der Waals surface area contributed by atoms with Crippen LogP contribution in [0.15, 0.2) is 24.4 Å². The second-order valence-corrected chi connectivity index (χ2v) is 1.65. The number of aldehydes is 1. The average Bonchev–Trinajstić information content (AvgIpc) is 2.03. The topological polar surface area (TPSA) is 39.2 Å². The molecule has 1 rings (SSSR count). The van der Waals surface area contributed by atoms with Crippen molar-refractivity contribution in [3.63, 3.8) is 0 Å². The van der Waals surface area contributed by atoms with Crippen molar-refractivity contribution in [2.45, 2.75) is 0 Å². The maximum Gasteiger partial charge on any atom is 0.213 e. The number of aromatic nitrogens is 1. The molecule has 0 unspecified atom stereocenters. The van der Waals surface area contributed by atoms with E-state index >= 15 is 0 Å². The smallest absolute Gasteiger partial charge is 0.213 e. The highest BCUT2D eigenvalue weighted by atomic mass is 16.5. The molecular weight excluding hydrogens is 130 g/mol. The Morgan fingerprint density at radius 3 is 3.10 bits per heavy atom. The third-order valence-corrected chi connectivity index (χ3v) is 0.937. The van der Waals surface area contributed by atoms with Crippen LogP contribution in [0.1, 0.15) is 0 Å². The highest BCUT2D eigenvalue weighted by Crippen LogP contribution is 2.01. The first-order chi connectivity index (χ1) is 4.93. The summed E-state index contributed by atoms with van der Waals surface area (Å²) < 4.78 is 4.88. The number of ether oxygens (including phenoxy) is 1. The van der Waals surface area contributed by atoms with E-state index in [1.54, 1.807) is 24.4 Å². The van der Waals surface area contributed by atoms with Gasteiger partial charge in [-0.15, -0.1) is 0 Å². The molecule has 0 saturated carbocycles. The van der Waals surface area contributed by atoms with Gasteiger partial charge in [0.2, 0.25) is 5.88 Å². The highest BCUT2D eigenvalue weighted by molar-refractivity contribution is 5.51. The minimum Gasteiger partial charge on any atom is -0.470 e. The molecule has 0 bridgehead atoms. The number of pyridine rings is 1. The molecule has 0 aliphatic heterocycles. The van der Waals surface area contributed by atoms with Crippen molar-refractivity contribution in [2.24, 2.45) is 0 Å². The molecule has 0 spiro atoms. The van der Waals surface area contributed by atoms with E-state index in [0.717, 1.165) is 0 Å². The second-order valence-electron chi connectivity index (χ2n) is 1.65. The van der Waals surface area contributed by atoms with Crippen molar-refractivity contribution in [1.29, 1.82) is 0 Å². The molecule has 52 valence electrons. The van der Waals surface area contributed by atoms with Gasteiger partial charge in [-0.3, -0.25) is 4.79 Å². The third kappa shape index (κ3) is 1.85. The lowest BCUT2D eigenvalue weighted by molar-refractivity contribution is -0.109. The lowest BCUT2D eigenvalue weighted by Crippen LogP contribution is -1.98. The molecule has 0 aromatic carbocycles. The zero-order valence-electron chi connectivity index (χ0n) is 5.36. The molecule has 0 N–H and O–H groups in total. The number of hydrogen-bond acceptors (Lipinski definition) is 3. The van der Waals surface area contributed by atoms with Crippen LogP contribution in [0.5, 0.6) is 5.88 Å². The van der Waals surface area contributed by atoms with Crippen LogP contribution in [-0.4, -0.2) is 17.9 Å². The Hall–Kier alpha value is -1.38. The Kier molecular flexibility index (Phi) is 2.43. The fourth-order valence-electron chi connectivity index (χ4n) is 0.552. The first-order valence-corrected chi connectivity index (χ1v) is 2.91. The summed E-state index contributed by atoms with van der Waals surface area (Å²) in [5.41, 5.74) is 0. The summed E-state index contributed by atoms with van der Waals surface area (Å²) >= 11 is 0. The van der Waals surface area contributed by atoms with Gasteiger partial charge in [0.15, 0.2) is 6.29 Å². The maximum absolute atomic E-state index is 9.83. The van der Waals surface area contributed by atoms with E-state index in [4.69, 9.17) is 4.74 Å². The van der Waals surface area contributed by atoms with Gasteiger partial charge in [0.05, 0.1) is 0 Å². The van der Waals surface area contributed by atoms with Gasteiger partial charge in [0, 0.05) is 12.3 Å². The van der Waals surface area contributed by atoms with Gasteiger partial charge in [-0.05, 0) is 6.07 Å². The summed E-state index contributed by atoms with van der Waals surface area (Å²) in [5.74, 6) is 0.481. The van der Waals surface area contributed by atoms with Crippen molar-refractivity contribution in [2.75, 3.05) is 6.61 Å². The summed E-state index contributed by atoms with van der Waals surface area (Å²) in [6.45, 7) is 0.0665. The van der Waals surface area contributed by atoms with Crippen molar-refractivity contribution in [3.05, 3.63) is 24.4 Å². The van der Waals surface area contributed by atoms with Crippen LogP contribution in [0.2, 0.25) is 0 Å². The fraction of sp³-hybridized carbons (Fsp3) is 0.143. The number of rotatable bonds is 3. The van der Waals surface area contributed by atoms with Crippen molar-refractivity contribution >= 4 is 6.29 Å². The van der Waals surface area contributed by atoms with E-state index < -0.39 is 0 Å². The molecule has 10 heavy (non-hydrogen) atoms. The average molecular weight is 137 g/mol. The van der Waals surface area contributed by atoms with Crippen molar-refractivity contribution < 1.29 is 9.53 Å². The summed E-state index contributed by atoms with van der Waals surface area (Å²) in [5, 5.41) is 0. The number of hydrogen-bond donors (Lipinski definition) is 0. The van der Waals surface area contributed by atoms with E-state index in [-0.39, 0.29) is 6.61 Å². The van der Waals surface area contributed by atoms with Gasteiger partial charge in [-0.1, -0.05) is 6.07 Å². The zero-order valence-corrected chi connectivity index (χ0v) is 5.36. The Balaban J connectivity index is 2.50. The van der Waals surface area contributed by atoms with Crippen LogP contribution < -0.4 is 4.74 Å². The normalized spacial score (nSPS) is 8.80. The van der Waals surface area contributed by atoms with Crippen LogP contribution in [0.3, 0.4) is 0 Å². The van der Waals surface area contributed by atoms with Gasteiger partial charge < -0.3 is 4.74 Å². The molecule has 0 saturated heterocycles. The molecule has 0 aliphatic rings. The molecule has 1 aromatic heterocycles. The van der Waals surface area contributed by atoms with Crippen LogP contribution in [0.4, 0.5) is 0 Å².